The Morgan fingerprint density at radius 1 is 1.26 bits per heavy atom. The SMILES string of the molecule is Cn1cc(C(=O)NC2CCN(C(=O)Cc3c[nH]c4ccccc34)CC2)cn1. The van der Waals surface area contributed by atoms with Crippen LogP contribution in [0.15, 0.2) is 42.9 Å². The number of likely N-dealkylation sites (tertiary alicyclic amines) is 1. The fourth-order valence-corrected chi connectivity index (χ4v) is 3.63. The maximum absolute atomic E-state index is 12.7. The Labute approximate surface area is 157 Å². The highest BCUT2D eigenvalue weighted by atomic mass is 16.2. The number of amides is 2. The van der Waals surface area contributed by atoms with E-state index in [2.05, 4.69) is 15.4 Å². The van der Waals surface area contributed by atoms with Crippen LogP contribution in [0.1, 0.15) is 28.8 Å². The third kappa shape index (κ3) is 3.72. The Kier molecular flexibility index (Phi) is 4.66. The van der Waals surface area contributed by atoms with Crippen molar-refractivity contribution in [1.29, 1.82) is 0 Å². The number of rotatable bonds is 4. The highest BCUT2D eigenvalue weighted by Gasteiger charge is 2.25. The molecule has 3 aromatic rings. The van der Waals surface area contributed by atoms with Gasteiger partial charge in [-0.1, -0.05) is 18.2 Å². The fourth-order valence-electron chi connectivity index (χ4n) is 3.63. The Bertz CT molecular complexity index is 966. The van der Waals surface area contributed by atoms with Crippen molar-refractivity contribution in [3.63, 3.8) is 0 Å². The number of hydrogen-bond donors (Lipinski definition) is 2. The van der Waals surface area contributed by atoms with Gasteiger partial charge in [0.15, 0.2) is 0 Å². The second-order valence-corrected chi connectivity index (χ2v) is 7.07. The molecule has 0 saturated carbocycles. The summed E-state index contributed by atoms with van der Waals surface area (Å²) in [5, 5.41) is 8.17. The molecule has 0 atom stereocenters. The van der Waals surface area contributed by atoms with E-state index in [9.17, 15) is 9.59 Å². The van der Waals surface area contributed by atoms with Gasteiger partial charge in [0.25, 0.3) is 5.91 Å². The highest BCUT2D eigenvalue weighted by Crippen LogP contribution is 2.20. The first-order chi connectivity index (χ1) is 13.1. The first-order valence-electron chi connectivity index (χ1n) is 9.22. The lowest BCUT2D eigenvalue weighted by atomic mass is 10.0. The second kappa shape index (κ2) is 7.26. The molecule has 0 spiro atoms. The summed E-state index contributed by atoms with van der Waals surface area (Å²) >= 11 is 0. The Hall–Kier alpha value is -3.09. The van der Waals surface area contributed by atoms with Crippen molar-refractivity contribution >= 4 is 22.7 Å². The number of carbonyl (C=O) groups excluding carboxylic acids is 2. The number of benzene rings is 1. The number of nitrogens with zero attached hydrogens (tertiary/aromatic N) is 3. The van der Waals surface area contributed by atoms with Crippen molar-refractivity contribution in [3.05, 3.63) is 54.0 Å². The van der Waals surface area contributed by atoms with Crippen molar-refractivity contribution in [2.75, 3.05) is 13.1 Å². The van der Waals surface area contributed by atoms with Gasteiger partial charge in [0.2, 0.25) is 5.91 Å². The van der Waals surface area contributed by atoms with Crippen molar-refractivity contribution in [2.24, 2.45) is 7.05 Å². The van der Waals surface area contributed by atoms with Crippen LogP contribution in [-0.4, -0.2) is 50.6 Å². The van der Waals surface area contributed by atoms with Crippen LogP contribution in [0.5, 0.6) is 0 Å². The number of nitrogens with one attached hydrogen (secondary N) is 2. The van der Waals surface area contributed by atoms with Gasteiger partial charge in [0, 0.05) is 49.5 Å². The van der Waals surface area contributed by atoms with Crippen molar-refractivity contribution < 1.29 is 9.59 Å². The maximum Gasteiger partial charge on any atom is 0.254 e. The number of fused-ring (bicyclic) bond motifs is 1. The van der Waals surface area contributed by atoms with E-state index < -0.39 is 0 Å². The molecule has 0 bridgehead atoms. The first-order valence-corrected chi connectivity index (χ1v) is 9.22. The van der Waals surface area contributed by atoms with E-state index in [0.717, 1.165) is 29.3 Å². The minimum absolute atomic E-state index is 0.0924. The zero-order chi connectivity index (χ0) is 18.8. The molecule has 1 aliphatic heterocycles. The summed E-state index contributed by atoms with van der Waals surface area (Å²) in [7, 11) is 1.79. The lowest BCUT2D eigenvalue weighted by molar-refractivity contribution is -0.131. The van der Waals surface area contributed by atoms with Crippen LogP contribution in [-0.2, 0) is 18.3 Å². The van der Waals surface area contributed by atoms with Gasteiger partial charge in [0.1, 0.15) is 0 Å². The molecule has 1 aliphatic rings. The number of aromatic nitrogens is 3. The average Bonchev–Trinajstić information content (AvgIpc) is 3.29. The molecule has 27 heavy (non-hydrogen) atoms. The standard InChI is InChI=1S/C20H23N5O2/c1-24-13-15(12-22-24)20(27)23-16-6-8-25(9-7-16)19(26)10-14-11-21-18-5-3-2-4-17(14)18/h2-5,11-13,16,21H,6-10H2,1H3,(H,23,27). The van der Waals surface area contributed by atoms with E-state index >= 15 is 0 Å². The van der Waals surface area contributed by atoms with Gasteiger partial charge in [-0.15, -0.1) is 0 Å². The summed E-state index contributed by atoms with van der Waals surface area (Å²) in [6.45, 7) is 1.33. The van der Waals surface area contributed by atoms with Crippen LogP contribution in [0.3, 0.4) is 0 Å². The summed E-state index contributed by atoms with van der Waals surface area (Å²) in [4.78, 5) is 30.0. The van der Waals surface area contributed by atoms with Gasteiger partial charge in [0.05, 0.1) is 18.2 Å². The number of carbonyl (C=O) groups is 2. The molecule has 0 unspecified atom stereocenters. The van der Waals surface area contributed by atoms with E-state index in [-0.39, 0.29) is 17.9 Å². The second-order valence-electron chi connectivity index (χ2n) is 7.07. The van der Waals surface area contributed by atoms with Crippen LogP contribution in [0, 0.1) is 0 Å². The fraction of sp³-hybridized carbons (Fsp3) is 0.350. The molecule has 4 rings (SSSR count). The van der Waals surface area contributed by atoms with Crippen molar-refractivity contribution in [1.82, 2.24) is 25.0 Å². The summed E-state index contributed by atoms with van der Waals surface area (Å²) in [5.41, 5.74) is 2.65. The number of para-hydroxylation sites is 1. The minimum Gasteiger partial charge on any atom is -0.361 e. The van der Waals surface area contributed by atoms with E-state index in [4.69, 9.17) is 0 Å². The Morgan fingerprint density at radius 2 is 2.04 bits per heavy atom. The molecule has 3 heterocycles. The van der Waals surface area contributed by atoms with Crippen LogP contribution in [0.2, 0.25) is 0 Å². The van der Waals surface area contributed by atoms with E-state index in [0.29, 0.717) is 25.1 Å². The molecule has 2 N–H and O–H groups in total. The van der Waals surface area contributed by atoms with E-state index in [1.54, 1.807) is 24.1 Å². The molecule has 0 radical (unpaired) electrons. The van der Waals surface area contributed by atoms with Crippen LogP contribution >= 0.6 is 0 Å². The van der Waals surface area contributed by atoms with Crippen LogP contribution in [0.25, 0.3) is 10.9 Å². The Balaban J connectivity index is 1.31. The van der Waals surface area contributed by atoms with Crippen LogP contribution in [0.4, 0.5) is 0 Å². The predicted molar refractivity (Wildman–Crippen MR) is 102 cm³/mol. The van der Waals surface area contributed by atoms with Gasteiger partial charge in [-0.25, -0.2) is 0 Å². The van der Waals surface area contributed by atoms with Crippen molar-refractivity contribution in [2.45, 2.75) is 25.3 Å². The van der Waals surface area contributed by atoms with Crippen molar-refractivity contribution in [3.8, 4) is 0 Å². The molecule has 1 aromatic carbocycles. The third-order valence-electron chi connectivity index (χ3n) is 5.17. The molecule has 2 aromatic heterocycles. The first kappa shape index (κ1) is 17.3. The van der Waals surface area contributed by atoms with Gasteiger partial charge >= 0.3 is 0 Å². The van der Waals surface area contributed by atoms with Gasteiger partial charge < -0.3 is 15.2 Å². The number of H-pyrrole nitrogens is 1. The molecule has 7 heteroatoms. The normalized spacial score (nSPS) is 15.2. The topological polar surface area (TPSA) is 83.0 Å². The summed E-state index contributed by atoms with van der Waals surface area (Å²) in [5.74, 6) is 0.0310. The monoisotopic (exact) mass is 365 g/mol. The molecule has 0 aliphatic carbocycles. The lowest BCUT2D eigenvalue weighted by Gasteiger charge is -2.32. The molecule has 2 amide bonds. The molecule has 7 nitrogen and oxygen atoms in total. The lowest BCUT2D eigenvalue weighted by Crippen LogP contribution is -2.46. The van der Waals surface area contributed by atoms with Crippen LogP contribution < -0.4 is 5.32 Å². The van der Waals surface area contributed by atoms with E-state index in [1.807, 2.05) is 35.4 Å². The third-order valence-corrected chi connectivity index (χ3v) is 5.17. The quantitative estimate of drug-likeness (QED) is 0.740. The largest absolute Gasteiger partial charge is 0.361 e. The summed E-state index contributed by atoms with van der Waals surface area (Å²) < 4.78 is 1.61. The van der Waals surface area contributed by atoms with Gasteiger partial charge in [-0.3, -0.25) is 14.3 Å². The molecular formula is C20H23N5O2. The maximum atomic E-state index is 12.7. The highest BCUT2D eigenvalue weighted by molar-refractivity contribution is 5.94. The predicted octanol–water partition coefficient (Wildman–Crippen LogP) is 1.86. The zero-order valence-corrected chi connectivity index (χ0v) is 15.3. The molecule has 140 valence electrons. The Morgan fingerprint density at radius 3 is 2.78 bits per heavy atom. The average molecular weight is 365 g/mol. The number of aromatic amines is 1. The number of piperidine rings is 1. The van der Waals surface area contributed by atoms with E-state index in [1.165, 1.54) is 0 Å². The minimum atomic E-state index is -0.105. The number of hydrogen-bond acceptors (Lipinski definition) is 3. The molecule has 1 saturated heterocycles. The molecular weight excluding hydrogens is 342 g/mol. The van der Waals surface area contributed by atoms with Gasteiger partial charge in [-0.05, 0) is 24.5 Å². The van der Waals surface area contributed by atoms with Gasteiger partial charge in [-0.2, -0.15) is 5.10 Å². The summed E-state index contributed by atoms with van der Waals surface area (Å²) in [6.07, 6.45) is 7.13. The zero-order valence-electron chi connectivity index (χ0n) is 15.3. The smallest absolute Gasteiger partial charge is 0.254 e. The number of aryl methyl sites for hydroxylation is 1. The molecule has 1 fully saturated rings. The summed E-state index contributed by atoms with van der Waals surface area (Å²) in [6, 6.07) is 8.11.